The molecule has 1 atom stereocenters. The Balaban J connectivity index is 1.63. The van der Waals surface area contributed by atoms with E-state index in [4.69, 9.17) is 4.74 Å². The second-order valence-corrected chi connectivity index (χ2v) is 6.52. The molecule has 0 radical (unpaired) electrons. The van der Waals surface area contributed by atoms with Gasteiger partial charge in [-0.1, -0.05) is 25.1 Å². The van der Waals surface area contributed by atoms with Crippen LogP contribution in [0.2, 0.25) is 0 Å². The Kier molecular flexibility index (Phi) is 6.04. The Bertz CT molecular complexity index is 733. The van der Waals surface area contributed by atoms with Crippen LogP contribution in [0.1, 0.15) is 48.7 Å². The SMILES string of the molecule is CCC1CCCCN1c1ccc(C(=O)NCc2ccccc2OC)nn1. The number of nitrogens with zero attached hydrogens (tertiary/aromatic N) is 3. The Hall–Kier alpha value is -2.63. The summed E-state index contributed by atoms with van der Waals surface area (Å²) in [6.07, 6.45) is 4.74. The van der Waals surface area contributed by atoms with Crippen LogP contribution in [-0.4, -0.2) is 35.8 Å². The number of para-hydroxylation sites is 1. The summed E-state index contributed by atoms with van der Waals surface area (Å²) in [5.41, 5.74) is 1.25. The van der Waals surface area contributed by atoms with Gasteiger partial charge in [0, 0.05) is 24.7 Å². The number of amides is 1. The molecule has 0 aliphatic carbocycles. The van der Waals surface area contributed by atoms with Crippen molar-refractivity contribution in [2.75, 3.05) is 18.6 Å². The van der Waals surface area contributed by atoms with E-state index in [9.17, 15) is 4.79 Å². The molecule has 6 heteroatoms. The van der Waals surface area contributed by atoms with Crippen LogP contribution < -0.4 is 15.0 Å². The average Bonchev–Trinajstić information content (AvgIpc) is 2.72. The Morgan fingerprint density at radius 2 is 2.08 bits per heavy atom. The molecule has 0 bridgehead atoms. The summed E-state index contributed by atoms with van der Waals surface area (Å²) in [5.74, 6) is 1.38. The van der Waals surface area contributed by atoms with Gasteiger partial charge < -0.3 is 15.0 Å². The van der Waals surface area contributed by atoms with E-state index < -0.39 is 0 Å². The van der Waals surface area contributed by atoms with Crippen molar-refractivity contribution >= 4 is 11.7 Å². The number of rotatable bonds is 6. The number of carbonyl (C=O) groups excluding carboxylic acids is 1. The number of benzene rings is 1. The van der Waals surface area contributed by atoms with Crippen molar-refractivity contribution in [2.24, 2.45) is 0 Å². The number of methoxy groups -OCH3 is 1. The monoisotopic (exact) mass is 354 g/mol. The third-order valence-corrected chi connectivity index (χ3v) is 4.91. The fraction of sp³-hybridized carbons (Fsp3) is 0.450. The highest BCUT2D eigenvalue weighted by Gasteiger charge is 2.22. The van der Waals surface area contributed by atoms with Crippen LogP contribution in [0.5, 0.6) is 5.75 Å². The van der Waals surface area contributed by atoms with Crippen molar-refractivity contribution in [3.8, 4) is 5.75 Å². The van der Waals surface area contributed by atoms with E-state index >= 15 is 0 Å². The summed E-state index contributed by atoms with van der Waals surface area (Å²) in [5, 5.41) is 11.3. The van der Waals surface area contributed by atoms with Crippen LogP contribution in [-0.2, 0) is 6.54 Å². The van der Waals surface area contributed by atoms with Crippen LogP contribution in [0, 0.1) is 0 Å². The lowest BCUT2D eigenvalue weighted by atomic mass is 10.0. The molecule has 1 unspecified atom stereocenters. The molecule has 1 fully saturated rings. The minimum absolute atomic E-state index is 0.236. The third kappa shape index (κ3) is 4.12. The molecule has 2 aromatic rings. The first-order valence-corrected chi connectivity index (χ1v) is 9.23. The van der Waals surface area contributed by atoms with Gasteiger partial charge in [0.05, 0.1) is 7.11 Å². The normalized spacial score (nSPS) is 17.0. The molecule has 138 valence electrons. The Morgan fingerprint density at radius 3 is 2.81 bits per heavy atom. The van der Waals surface area contributed by atoms with Crippen molar-refractivity contribution < 1.29 is 9.53 Å². The van der Waals surface area contributed by atoms with Crippen molar-refractivity contribution in [1.29, 1.82) is 0 Å². The second-order valence-electron chi connectivity index (χ2n) is 6.52. The molecule has 26 heavy (non-hydrogen) atoms. The number of hydrogen-bond acceptors (Lipinski definition) is 5. The zero-order valence-corrected chi connectivity index (χ0v) is 15.4. The van der Waals surface area contributed by atoms with Gasteiger partial charge in [-0.25, -0.2) is 0 Å². The third-order valence-electron chi connectivity index (χ3n) is 4.91. The lowest BCUT2D eigenvalue weighted by Gasteiger charge is -2.35. The first kappa shape index (κ1) is 18.2. The summed E-state index contributed by atoms with van der Waals surface area (Å²) in [6.45, 7) is 3.60. The van der Waals surface area contributed by atoms with Gasteiger partial charge >= 0.3 is 0 Å². The summed E-state index contributed by atoms with van der Waals surface area (Å²) >= 11 is 0. The van der Waals surface area contributed by atoms with Crippen LogP contribution in [0.15, 0.2) is 36.4 Å². The number of ether oxygens (including phenoxy) is 1. The minimum atomic E-state index is -0.236. The molecule has 1 aliphatic rings. The van der Waals surface area contributed by atoms with Crippen LogP contribution in [0.4, 0.5) is 5.82 Å². The summed E-state index contributed by atoms with van der Waals surface area (Å²) < 4.78 is 5.30. The topological polar surface area (TPSA) is 67.4 Å². The molecule has 1 aliphatic heterocycles. The number of aromatic nitrogens is 2. The zero-order chi connectivity index (χ0) is 18.4. The van der Waals surface area contributed by atoms with Crippen LogP contribution in [0.3, 0.4) is 0 Å². The number of hydrogen-bond donors (Lipinski definition) is 1. The van der Waals surface area contributed by atoms with Gasteiger partial charge in [0.15, 0.2) is 11.5 Å². The van der Waals surface area contributed by atoms with Gasteiger partial charge in [-0.3, -0.25) is 4.79 Å². The second kappa shape index (κ2) is 8.65. The van der Waals surface area contributed by atoms with Crippen LogP contribution >= 0.6 is 0 Å². The first-order chi connectivity index (χ1) is 12.7. The highest BCUT2D eigenvalue weighted by Crippen LogP contribution is 2.24. The predicted octanol–water partition coefficient (Wildman–Crippen LogP) is 3.18. The highest BCUT2D eigenvalue weighted by molar-refractivity contribution is 5.92. The van der Waals surface area contributed by atoms with Gasteiger partial charge in [-0.2, -0.15) is 0 Å². The molecule has 3 rings (SSSR count). The van der Waals surface area contributed by atoms with Gasteiger partial charge in [0.25, 0.3) is 5.91 Å². The van der Waals surface area contributed by atoms with Crippen LogP contribution in [0.25, 0.3) is 0 Å². The minimum Gasteiger partial charge on any atom is -0.496 e. The maximum Gasteiger partial charge on any atom is 0.272 e. The van der Waals surface area contributed by atoms with E-state index in [-0.39, 0.29) is 5.91 Å². The molecule has 6 nitrogen and oxygen atoms in total. The van der Waals surface area contributed by atoms with Crippen molar-refractivity contribution in [3.63, 3.8) is 0 Å². The van der Waals surface area contributed by atoms with Crippen molar-refractivity contribution in [1.82, 2.24) is 15.5 Å². The van der Waals surface area contributed by atoms with Crippen molar-refractivity contribution in [3.05, 3.63) is 47.7 Å². The highest BCUT2D eigenvalue weighted by atomic mass is 16.5. The van der Waals surface area contributed by atoms with E-state index in [0.29, 0.717) is 18.3 Å². The molecule has 1 N–H and O–H groups in total. The molecule has 1 amide bonds. The van der Waals surface area contributed by atoms with E-state index in [2.05, 4.69) is 27.3 Å². The maximum absolute atomic E-state index is 12.4. The molecule has 0 saturated carbocycles. The molecule has 2 heterocycles. The summed E-state index contributed by atoms with van der Waals surface area (Å²) in [4.78, 5) is 14.7. The molecular weight excluding hydrogens is 328 g/mol. The van der Waals surface area contributed by atoms with Crippen molar-refractivity contribution in [2.45, 2.75) is 45.2 Å². The number of carbonyl (C=O) groups is 1. The standard InChI is InChI=1S/C20H26N4O2/c1-3-16-9-6-7-13-24(16)19-12-11-17(22-23-19)20(25)21-14-15-8-4-5-10-18(15)26-2/h4-5,8,10-12,16H,3,6-7,9,13-14H2,1-2H3,(H,21,25). The molecular formula is C20H26N4O2. The van der Waals surface area contributed by atoms with Gasteiger partial charge in [0.1, 0.15) is 5.75 Å². The molecule has 1 saturated heterocycles. The smallest absolute Gasteiger partial charge is 0.272 e. The average molecular weight is 354 g/mol. The largest absolute Gasteiger partial charge is 0.496 e. The Morgan fingerprint density at radius 1 is 1.23 bits per heavy atom. The first-order valence-electron chi connectivity index (χ1n) is 9.23. The van der Waals surface area contributed by atoms with E-state index in [0.717, 1.165) is 30.1 Å². The van der Waals surface area contributed by atoms with Gasteiger partial charge in [0.2, 0.25) is 0 Å². The fourth-order valence-electron chi connectivity index (χ4n) is 3.44. The van der Waals surface area contributed by atoms with E-state index in [1.165, 1.54) is 19.3 Å². The number of piperidine rings is 1. The maximum atomic E-state index is 12.4. The molecule has 1 aromatic carbocycles. The Labute approximate surface area is 154 Å². The summed E-state index contributed by atoms with van der Waals surface area (Å²) in [7, 11) is 1.62. The summed E-state index contributed by atoms with van der Waals surface area (Å²) in [6, 6.07) is 11.8. The molecule has 0 spiro atoms. The lowest BCUT2D eigenvalue weighted by molar-refractivity contribution is 0.0944. The number of nitrogens with one attached hydrogen (secondary N) is 1. The van der Waals surface area contributed by atoms with E-state index in [1.54, 1.807) is 13.2 Å². The predicted molar refractivity (Wildman–Crippen MR) is 101 cm³/mol. The van der Waals surface area contributed by atoms with Gasteiger partial charge in [-0.05, 0) is 43.9 Å². The molecule has 1 aromatic heterocycles. The fourth-order valence-corrected chi connectivity index (χ4v) is 3.44. The van der Waals surface area contributed by atoms with Gasteiger partial charge in [-0.15, -0.1) is 10.2 Å². The quantitative estimate of drug-likeness (QED) is 0.863. The van der Waals surface area contributed by atoms with E-state index in [1.807, 2.05) is 30.3 Å². The lowest BCUT2D eigenvalue weighted by Crippen LogP contribution is -2.39. The zero-order valence-electron chi connectivity index (χ0n) is 15.4. The number of anilines is 1.